The Kier molecular flexibility index (Phi) is 11.5. The van der Waals surface area contributed by atoms with Gasteiger partial charge in [-0.3, -0.25) is 9.69 Å². The van der Waals surface area contributed by atoms with Crippen LogP contribution in [0.2, 0.25) is 0 Å². The van der Waals surface area contributed by atoms with Crippen LogP contribution in [-0.2, 0) is 16.1 Å². The minimum atomic E-state index is -0.370. The molecule has 1 saturated heterocycles. The van der Waals surface area contributed by atoms with Crippen molar-refractivity contribution in [2.24, 2.45) is 5.92 Å². The molecule has 0 saturated carbocycles. The smallest absolute Gasteiger partial charge is 0.323 e. The number of hydrogen-bond donors (Lipinski definition) is 2. The van der Waals surface area contributed by atoms with Crippen LogP contribution in [0.4, 0.5) is 10.5 Å². The first-order valence-electron chi connectivity index (χ1n) is 18.0. The molecule has 0 bridgehead atoms. The molecule has 1 fully saturated rings. The van der Waals surface area contributed by atoms with Crippen LogP contribution in [0.1, 0.15) is 37.4 Å². The molecule has 1 aliphatic carbocycles. The Morgan fingerprint density at radius 2 is 1.76 bits per heavy atom. The van der Waals surface area contributed by atoms with Gasteiger partial charge in [-0.15, -0.1) is 0 Å². The number of urea groups is 1. The summed E-state index contributed by atoms with van der Waals surface area (Å²) in [7, 11) is 7.97. The maximum Gasteiger partial charge on any atom is 0.323 e. The van der Waals surface area contributed by atoms with E-state index in [1.54, 1.807) is 13.2 Å². The Balaban J connectivity index is 1.12. The largest absolute Gasteiger partial charge is 0.497 e. The summed E-state index contributed by atoms with van der Waals surface area (Å²) in [5, 5.41) is 6.88. The van der Waals surface area contributed by atoms with Crippen molar-refractivity contribution >= 4 is 34.5 Å². The molecule has 0 radical (unpaired) electrons. The highest BCUT2D eigenvalue weighted by Crippen LogP contribution is 2.39. The van der Waals surface area contributed by atoms with Gasteiger partial charge in [0.1, 0.15) is 17.3 Å². The second-order valence-corrected chi connectivity index (χ2v) is 14.1. The molecule has 2 amide bonds. The average molecular weight is 697 g/mol. The molecule has 6 rings (SSSR count). The van der Waals surface area contributed by atoms with Crippen molar-refractivity contribution in [2.45, 2.75) is 39.7 Å². The van der Waals surface area contributed by atoms with Gasteiger partial charge in [0.25, 0.3) is 0 Å². The van der Waals surface area contributed by atoms with E-state index in [1.807, 2.05) is 49.4 Å². The van der Waals surface area contributed by atoms with E-state index < -0.39 is 0 Å². The number of anilines is 1. The van der Waals surface area contributed by atoms with Crippen molar-refractivity contribution in [2.75, 3.05) is 79.4 Å². The monoisotopic (exact) mass is 696 g/mol. The van der Waals surface area contributed by atoms with Crippen LogP contribution in [0.5, 0.6) is 11.5 Å². The number of ketones is 1. The van der Waals surface area contributed by atoms with E-state index in [1.165, 1.54) is 0 Å². The number of carbonyl (C=O) groups excluding carboxylic acids is 2. The van der Waals surface area contributed by atoms with Gasteiger partial charge >= 0.3 is 6.03 Å². The molecule has 2 aromatic carbocycles. The molecule has 0 spiro atoms. The Morgan fingerprint density at radius 1 is 1.02 bits per heavy atom. The highest BCUT2D eigenvalue weighted by molar-refractivity contribution is 6.14. The average Bonchev–Trinajstić information content (AvgIpc) is 3.55. The highest BCUT2D eigenvalue weighted by atomic mass is 16.5. The number of aromatic nitrogens is 1. The van der Waals surface area contributed by atoms with Gasteiger partial charge in [-0.25, -0.2) is 4.79 Å². The van der Waals surface area contributed by atoms with Gasteiger partial charge in [0.05, 0.1) is 19.3 Å². The number of hydrogen-bond acceptors (Lipinski definition) is 8. The predicted octanol–water partition coefficient (Wildman–Crippen LogP) is 5.87. The molecule has 3 aliphatic rings. The molecule has 3 aromatic rings. The lowest BCUT2D eigenvalue weighted by atomic mass is 9.92. The van der Waals surface area contributed by atoms with Crippen LogP contribution >= 0.6 is 0 Å². The van der Waals surface area contributed by atoms with E-state index in [0.717, 1.165) is 92.3 Å². The van der Waals surface area contributed by atoms with Crippen molar-refractivity contribution in [3.63, 3.8) is 0 Å². The molecule has 51 heavy (non-hydrogen) atoms. The van der Waals surface area contributed by atoms with Crippen LogP contribution in [0.25, 0.3) is 17.0 Å². The van der Waals surface area contributed by atoms with Crippen molar-refractivity contribution < 1.29 is 23.8 Å². The number of benzene rings is 2. The third-order valence-corrected chi connectivity index (χ3v) is 10.1. The number of methoxy groups -OCH3 is 1. The van der Waals surface area contributed by atoms with Crippen LogP contribution in [-0.4, -0.2) is 105 Å². The number of nitrogens with zero attached hydrogens (tertiary/aromatic N) is 4. The summed E-state index contributed by atoms with van der Waals surface area (Å²) in [6.45, 7) is 11.9. The van der Waals surface area contributed by atoms with Crippen molar-refractivity contribution in [1.82, 2.24) is 24.6 Å². The van der Waals surface area contributed by atoms with Crippen LogP contribution < -0.4 is 20.1 Å². The maximum absolute atomic E-state index is 13.8. The van der Waals surface area contributed by atoms with E-state index in [0.29, 0.717) is 35.7 Å². The summed E-state index contributed by atoms with van der Waals surface area (Å²) in [6.07, 6.45) is 6.19. The summed E-state index contributed by atoms with van der Waals surface area (Å²) in [5.41, 5.74) is 4.92. The van der Waals surface area contributed by atoms with E-state index in [4.69, 9.17) is 14.2 Å². The topological polar surface area (TPSA) is 101 Å². The lowest BCUT2D eigenvalue weighted by Crippen LogP contribution is -2.45. The first kappa shape index (κ1) is 36.2. The molecule has 3 heterocycles. The number of rotatable bonds is 13. The van der Waals surface area contributed by atoms with Crippen molar-refractivity contribution in [3.8, 4) is 11.5 Å². The Hall–Kier alpha value is -4.58. The zero-order valence-electron chi connectivity index (χ0n) is 30.9. The van der Waals surface area contributed by atoms with Crippen LogP contribution in [0.3, 0.4) is 0 Å². The number of carbonyl (C=O) groups is 2. The molecule has 272 valence electrons. The molecule has 1 unspecified atom stereocenters. The van der Waals surface area contributed by atoms with Crippen LogP contribution in [0.15, 0.2) is 71.3 Å². The fourth-order valence-electron chi connectivity index (χ4n) is 6.91. The Labute approximate surface area is 301 Å². The lowest BCUT2D eigenvalue weighted by molar-refractivity contribution is -0.113. The second-order valence-electron chi connectivity index (χ2n) is 14.1. The quantitative estimate of drug-likeness (QED) is 0.169. The predicted molar refractivity (Wildman–Crippen MR) is 202 cm³/mol. The molecule has 11 nitrogen and oxygen atoms in total. The van der Waals surface area contributed by atoms with Gasteiger partial charge in [0.15, 0.2) is 5.76 Å². The third-order valence-electron chi connectivity index (χ3n) is 10.1. The fourth-order valence-corrected chi connectivity index (χ4v) is 6.91. The van der Waals surface area contributed by atoms with Gasteiger partial charge in [-0.2, -0.15) is 0 Å². The van der Waals surface area contributed by atoms with Crippen LogP contribution in [0, 0.1) is 12.8 Å². The summed E-state index contributed by atoms with van der Waals surface area (Å²) < 4.78 is 20.0. The maximum atomic E-state index is 13.8. The van der Waals surface area contributed by atoms with Gasteiger partial charge in [-0.05, 0) is 102 Å². The lowest BCUT2D eigenvalue weighted by Gasteiger charge is -2.32. The molecule has 11 heteroatoms. The third kappa shape index (κ3) is 8.66. The number of likely N-dealkylation sites (N-methyl/N-ethyl adjacent to an activating group) is 1. The van der Waals surface area contributed by atoms with Crippen molar-refractivity contribution in [3.05, 3.63) is 82.6 Å². The standard InChI is InChI=1S/C40H52N6O5/c1-27-23-37-34(25-35(27)42-40(48)41-29-9-11-30(12-10-29)50-22-8-7-15-43(3)4)39(47)38(51-37)26-32-28(2)46(21-20-45-18-16-44(5)17-19-45)36-14-13-31(49-6)24-33(32)36/h9-14,24-27H,7-8,15-23H2,1-6H3,(H2,41,42,48)/b38-26-. The second kappa shape index (κ2) is 16.2. The summed E-state index contributed by atoms with van der Waals surface area (Å²) in [6, 6.07) is 13.1. The first-order chi connectivity index (χ1) is 24.6. The molecular formula is C40H52N6O5. The van der Waals surface area contributed by atoms with Gasteiger partial charge < -0.3 is 39.2 Å². The SMILES string of the molecule is COc1ccc2c(c1)c(/C=C1\OC3=C(C=C(NC(=O)Nc4ccc(OCCCCN(C)C)cc4)C(C)C3)C1=O)c(C)n2CCN1CCN(C)CC1. The molecular weight excluding hydrogens is 644 g/mol. The van der Waals surface area contributed by atoms with E-state index in [-0.39, 0.29) is 23.5 Å². The Bertz CT molecular complexity index is 1830. The number of nitrogens with one attached hydrogen (secondary N) is 2. The summed E-state index contributed by atoms with van der Waals surface area (Å²) in [4.78, 5) is 33.9. The fraction of sp³-hybridized carbons (Fsp3) is 0.450. The summed E-state index contributed by atoms with van der Waals surface area (Å²) in [5.74, 6) is 2.22. The molecule has 2 N–H and O–H groups in total. The molecule has 1 aromatic heterocycles. The number of Topliss-reactive ketones (excluding diaryl/α,β-unsaturated/α-hetero) is 1. The molecule has 1 atom stereocenters. The van der Waals surface area contributed by atoms with E-state index in [2.05, 4.69) is 64.0 Å². The van der Waals surface area contributed by atoms with Gasteiger partial charge in [0, 0.05) is 85.2 Å². The van der Waals surface area contributed by atoms with E-state index >= 15 is 0 Å². The normalized spacial score (nSPS) is 19.0. The Morgan fingerprint density at radius 3 is 2.49 bits per heavy atom. The number of unbranched alkanes of at least 4 members (excludes halogenated alkanes) is 1. The number of ether oxygens (including phenoxy) is 3. The minimum absolute atomic E-state index is 0.0487. The highest BCUT2D eigenvalue weighted by Gasteiger charge is 2.35. The number of amides is 2. The summed E-state index contributed by atoms with van der Waals surface area (Å²) >= 11 is 0. The zero-order chi connectivity index (χ0) is 36.1. The number of piperazine rings is 1. The number of fused-ring (bicyclic) bond motifs is 1. The van der Waals surface area contributed by atoms with E-state index in [9.17, 15) is 9.59 Å². The van der Waals surface area contributed by atoms with Crippen molar-refractivity contribution in [1.29, 1.82) is 0 Å². The zero-order valence-corrected chi connectivity index (χ0v) is 30.9. The first-order valence-corrected chi connectivity index (χ1v) is 18.0. The minimum Gasteiger partial charge on any atom is -0.497 e. The number of allylic oxidation sites excluding steroid dienone is 4. The van der Waals surface area contributed by atoms with Gasteiger partial charge in [0.2, 0.25) is 5.78 Å². The van der Waals surface area contributed by atoms with Gasteiger partial charge in [-0.1, -0.05) is 6.92 Å². The molecule has 2 aliphatic heterocycles.